The van der Waals surface area contributed by atoms with E-state index in [2.05, 4.69) is 4.52 Å². The second-order valence-electron chi connectivity index (χ2n) is 2.92. The number of phosphoric acid groups is 1. The molecular formula is C6H17N2O9PPt. The van der Waals surface area contributed by atoms with E-state index in [-0.39, 0.29) is 39.7 Å². The molecule has 0 amide bonds. The molecule has 0 saturated heterocycles. The average Bonchev–Trinajstić information content (AvgIpc) is 2.21. The van der Waals surface area contributed by atoms with Gasteiger partial charge >= 0.3 is 21.1 Å². The van der Waals surface area contributed by atoms with Crippen LogP contribution in [0, 0.1) is 0 Å². The second kappa shape index (κ2) is 12.0. The number of aliphatic hydroxyl groups is 4. The molecule has 0 fully saturated rings. The molecule has 0 saturated carbocycles. The third-order valence-corrected chi connectivity index (χ3v) is 2.10. The summed E-state index contributed by atoms with van der Waals surface area (Å²) >= 11 is 0. The number of rotatable bonds is 7. The molecule has 0 unspecified atom stereocenters. The van der Waals surface area contributed by atoms with Crippen LogP contribution in [0.4, 0.5) is 0 Å². The van der Waals surface area contributed by atoms with Crippen molar-refractivity contribution in [1.82, 2.24) is 12.3 Å². The van der Waals surface area contributed by atoms with Crippen LogP contribution >= 0.6 is 7.82 Å². The molecule has 120 valence electrons. The Morgan fingerprint density at radius 3 is 1.84 bits per heavy atom. The number of aldehydes is 1. The predicted molar refractivity (Wildman–Crippen MR) is 53.7 cm³/mol. The van der Waals surface area contributed by atoms with E-state index in [0.29, 0.717) is 0 Å². The Morgan fingerprint density at radius 1 is 1.11 bits per heavy atom. The molecule has 13 heteroatoms. The van der Waals surface area contributed by atoms with Crippen LogP contribution in [0.25, 0.3) is 0 Å². The third kappa shape index (κ3) is 11.7. The van der Waals surface area contributed by atoms with Crippen molar-refractivity contribution in [2.45, 2.75) is 24.4 Å². The quantitative estimate of drug-likeness (QED) is 0.149. The van der Waals surface area contributed by atoms with Crippen LogP contribution in [-0.4, -0.2) is 57.7 Å². The first-order chi connectivity index (χ1) is 7.19. The average molecular weight is 487 g/mol. The Bertz CT molecular complexity index is 277. The number of aliphatic hydroxyl groups excluding tert-OH is 4. The molecule has 4 atom stereocenters. The Hall–Kier alpha value is 0.228. The minimum atomic E-state index is -5.30. The van der Waals surface area contributed by atoms with Gasteiger partial charge in [-0.15, -0.1) is 0 Å². The van der Waals surface area contributed by atoms with Gasteiger partial charge in [0.25, 0.3) is 0 Å². The third-order valence-electron chi connectivity index (χ3n) is 1.64. The zero-order chi connectivity index (χ0) is 12.9. The number of carbonyl (C=O) groups is 1. The Balaban J connectivity index is -0.000000375. The number of carbonyl (C=O) groups excluding carboxylic acids is 1. The molecule has 0 aliphatic heterocycles. The molecule has 0 rings (SSSR count). The maximum absolute atomic E-state index is 10.0. The van der Waals surface area contributed by atoms with Crippen LogP contribution in [0.2, 0.25) is 0 Å². The van der Waals surface area contributed by atoms with Crippen molar-refractivity contribution in [2.24, 2.45) is 0 Å². The smallest absolute Gasteiger partial charge is 0.790 e. The van der Waals surface area contributed by atoms with Crippen molar-refractivity contribution < 1.29 is 65.2 Å². The summed E-state index contributed by atoms with van der Waals surface area (Å²) in [5.41, 5.74) is 0. The maximum Gasteiger partial charge on any atom is 2.00 e. The van der Waals surface area contributed by atoms with Crippen molar-refractivity contribution in [3.8, 4) is 0 Å². The molecule has 0 radical (unpaired) electrons. The molecule has 11 nitrogen and oxygen atoms in total. The molecule has 0 aromatic carbocycles. The topological polar surface area (TPSA) is 240 Å². The number of hydrogen-bond donors (Lipinski definition) is 6. The summed E-state index contributed by atoms with van der Waals surface area (Å²) in [5, 5.41) is 35.9. The fourth-order valence-corrected chi connectivity index (χ4v) is 1.11. The van der Waals surface area contributed by atoms with E-state index in [1.165, 1.54) is 0 Å². The number of phosphoric ester groups is 1. The van der Waals surface area contributed by atoms with Gasteiger partial charge in [0, 0.05) is 0 Å². The molecule has 0 spiro atoms. The molecule has 0 aromatic rings. The Morgan fingerprint density at radius 2 is 1.53 bits per heavy atom. The standard InChI is InChI=1S/C6H13O9P.2H3N.Pt/c7-1-3(8)5(10)6(11)4(9)2-15-16(12,13)14;;;/h1,3-6,8-11H,2H2,(H2,12,13,14);2*1H3;/q;;;+2/p-2/t3-,4+,5+,6-;;;/m0.../s1. The Kier molecular flexibility index (Phi) is 17.4. The van der Waals surface area contributed by atoms with Gasteiger partial charge in [0.2, 0.25) is 0 Å². The molecule has 0 aliphatic carbocycles. The van der Waals surface area contributed by atoms with Crippen LogP contribution < -0.4 is 22.1 Å². The van der Waals surface area contributed by atoms with Crippen molar-refractivity contribution in [2.75, 3.05) is 6.61 Å². The van der Waals surface area contributed by atoms with Gasteiger partial charge in [-0.05, 0) is 0 Å². The van der Waals surface area contributed by atoms with Gasteiger partial charge < -0.3 is 56.4 Å². The van der Waals surface area contributed by atoms with Crippen LogP contribution in [0.3, 0.4) is 0 Å². The van der Waals surface area contributed by atoms with Crippen molar-refractivity contribution in [3.63, 3.8) is 0 Å². The molecule has 0 heterocycles. The van der Waals surface area contributed by atoms with E-state index in [1.54, 1.807) is 0 Å². The first kappa shape index (κ1) is 27.6. The second-order valence-corrected chi connectivity index (χ2v) is 4.07. The summed E-state index contributed by atoms with van der Waals surface area (Å²) in [5.74, 6) is 0. The van der Waals surface area contributed by atoms with E-state index in [0.717, 1.165) is 0 Å². The van der Waals surface area contributed by atoms with Gasteiger partial charge in [-0.25, -0.2) is 0 Å². The summed E-state index contributed by atoms with van der Waals surface area (Å²) in [7, 11) is -5.30. The van der Waals surface area contributed by atoms with Gasteiger partial charge in [0.15, 0.2) is 6.29 Å². The summed E-state index contributed by atoms with van der Waals surface area (Å²) < 4.78 is 13.6. The van der Waals surface area contributed by atoms with Crippen molar-refractivity contribution >= 4 is 14.1 Å². The summed E-state index contributed by atoms with van der Waals surface area (Å²) in [4.78, 5) is 30.0. The minimum Gasteiger partial charge on any atom is -0.790 e. The SMILES string of the molecule is N.N.O=C[C@H](O)[C@@H](O)[C@@H](O)[C@H](O)COP(=O)([O-])[O-].[Pt+2]. The Labute approximate surface area is 123 Å². The van der Waals surface area contributed by atoms with Gasteiger partial charge in [0.1, 0.15) is 24.4 Å². The van der Waals surface area contributed by atoms with Gasteiger partial charge in [-0.2, -0.15) is 0 Å². The van der Waals surface area contributed by atoms with E-state index in [1.807, 2.05) is 0 Å². The van der Waals surface area contributed by atoms with Crippen molar-refractivity contribution in [1.29, 1.82) is 0 Å². The van der Waals surface area contributed by atoms with E-state index < -0.39 is 38.8 Å². The molecule has 19 heavy (non-hydrogen) atoms. The van der Waals surface area contributed by atoms with Crippen LogP contribution in [0.15, 0.2) is 0 Å². The molecule has 0 bridgehead atoms. The van der Waals surface area contributed by atoms with E-state index in [4.69, 9.17) is 20.4 Å². The summed E-state index contributed by atoms with van der Waals surface area (Å²) in [6.45, 7) is -1.09. The fourth-order valence-electron chi connectivity index (χ4n) is 0.776. The summed E-state index contributed by atoms with van der Waals surface area (Å²) in [6.07, 6.45) is -8.04. The van der Waals surface area contributed by atoms with E-state index >= 15 is 0 Å². The van der Waals surface area contributed by atoms with Crippen LogP contribution in [0.1, 0.15) is 0 Å². The first-order valence-corrected chi connectivity index (χ1v) is 5.49. The van der Waals surface area contributed by atoms with Crippen molar-refractivity contribution in [3.05, 3.63) is 0 Å². The molecular weight excluding hydrogens is 470 g/mol. The molecule has 0 aromatic heterocycles. The van der Waals surface area contributed by atoms with E-state index in [9.17, 15) is 19.1 Å². The normalized spacial score (nSPS) is 16.7. The van der Waals surface area contributed by atoms with Gasteiger partial charge in [-0.3, -0.25) is 0 Å². The van der Waals surface area contributed by atoms with Crippen LogP contribution in [-0.2, 0) is 34.9 Å². The van der Waals surface area contributed by atoms with Gasteiger partial charge in [0.05, 0.1) is 14.4 Å². The number of hydrogen-bond acceptors (Lipinski definition) is 11. The van der Waals surface area contributed by atoms with Crippen LogP contribution in [0.5, 0.6) is 0 Å². The predicted octanol–water partition coefficient (Wildman–Crippen LogP) is -4.20. The fraction of sp³-hybridized carbons (Fsp3) is 0.833. The minimum absolute atomic E-state index is 0. The molecule has 10 N–H and O–H groups in total. The zero-order valence-corrected chi connectivity index (χ0v) is 12.8. The summed E-state index contributed by atoms with van der Waals surface area (Å²) in [6, 6.07) is 0. The monoisotopic (exact) mass is 487 g/mol. The maximum atomic E-state index is 10.0. The first-order valence-electron chi connectivity index (χ1n) is 4.03. The zero-order valence-electron chi connectivity index (χ0n) is 9.60. The molecule has 0 aliphatic rings. The van der Waals surface area contributed by atoms with Gasteiger partial charge in [-0.1, -0.05) is 0 Å². The largest absolute Gasteiger partial charge is 2.00 e.